The highest BCUT2D eigenvalue weighted by Gasteiger charge is 2.45. The summed E-state index contributed by atoms with van der Waals surface area (Å²) < 4.78 is 5.55. The third-order valence-electron chi connectivity index (χ3n) is 7.53. The highest BCUT2D eigenvalue weighted by Crippen LogP contribution is 2.47. The van der Waals surface area contributed by atoms with Gasteiger partial charge in [0.15, 0.2) is 0 Å². The Bertz CT molecular complexity index is 1520. The van der Waals surface area contributed by atoms with Crippen molar-refractivity contribution >= 4 is 23.1 Å². The van der Waals surface area contributed by atoms with Gasteiger partial charge in [0.1, 0.15) is 12.5 Å². The van der Waals surface area contributed by atoms with Crippen molar-refractivity contribution in [1.82, 2.24) is 30.5 Å². The number of likely N-dealkylation sites (tertiary alicyclic amines) is 1. The first-order chi connectivity index (χ1) is 21.4. The topological polar surface area (TPSA) is 116 Å². The van der Waals surface area contributed by atoms with Gasteiger partial charge in [-0.3, -0.25) is 9.78 Å². The van der Waals surface area contributed by atoms with E-state index in [0.29, 0.717) is 36.2 Å². The first-order valence-electron chi connectivity index (χ1n) is 15.4. The summed E-state index contributed by atoms with van der Waals surface area (Å²) in [5.41, 5.74) is 5.13. The molecule has 6 rings (SSSR count). The van der Waals surface area contributed by atoms with Crippen LogP contribution in [0.3, 0.4) is 0 Å². The van der Waals surface area contributed by atoms with Crippen LogP contribution in [0.4, 0.5) is 0 Å². The molecule has 9 heteroatoms. The van der Waals surface area contributed by atoms with E-state index < -0.39 is 6.04 Å². The van der Waals surface area contributed by atoms with Gasteiger partial charge in [-0.2, -0.15) is 0 Å². The molecular weight excluding hydrogens is 552 g/mol. The Labute approximate surface area is 259 Å². The van der Waals surface area contributed by atoms with E-state index in [2.05, 4.69) is 52.1 Å². The number of fused-ring (bicyclic) bond motifs is 1. The number of H-pyrrole nitrogens is 1. The number of nitrogens with one attached hydrogen (secondary N) is 3. The maximum absolute atomic E-state index is 13.1. The summed E-state index contributed by atoms with van der Waals surface area (Å²) in [7, 11) is 1.93. The van der Waals surface area contributed by atoms with E-state index >= 15 is 0 Å². The van der Waals surface area contributed by atoms with Crippen molar-refractivity contribution in [3.8, 4) is 11.5 Å². The van der Waals surface area contributed by atoms with Gasteiger partial charge in [-0.25, -0.2) is 4.98 Å². The van der Waals surface area contributed by atoms with Crippen molar-refractivity contribution in [2.24, 2.45) is 11.8 Å². The van der Waals surface area contributed by atoms with Crippen LogP contribution in [0.1, 0.15) is 57.8 Å². The van der Waals surface area contributed by atoms with Gasteiger partial charge >= 0.3 is 0 Å². The third kappa shape index (κ3) is 8.11. The zero-order valence-electron chi connectivity index (χ0n) is 26.2. The molecule has 232 valence electrons. The van der Waals surface area contributed by atoms with Crippen LogP contribution in [-0.4, -0.2) is 45.1 Å². The molecule has 0 radical (unpaired) electrons. The van der Waals surface area contributed by atoms with Gasteiger partial charge < -0.3 is 29.7 Å². The SMILES string of the molecule is C=C1C(C2CC2)CC(C=O)N1C(=O)/C(=C\C)NCc1coc(-c2ccccc2)n1.CCC.CNCc1cc2cnccc2[nH]1. The quantitative estimate of drug-likeness (QED) is 0.152. The van der Waals surface area contributed by atoms with Gasteiger partial charge in [0.25, 0.3) is 5.91 Å². The fourth-order valence-corrected chi connectivity index (χ4v) is 5.29. The number of carbonyl (C=O) groups is 2. The predicted octanol–water partition coefficient (Wildman–Crippen LogP) is 6.37. The molecule has 2 atom stereocenters. The maximum atomic E-state index is 13.1. The fourth-order valence-electron chi connectivity index (χ4n) is 5.29. The summed E-state index contributed by atoms with van der Waals surface area (Å²) in [4.78, 5) is 38.1. The molecule has 2 unspecified atom stereocenters. The molecule has 1 saturated heterocycles. The number of nitrogens with zero attached hydrogens (tertiary/aromatic N) is 3. The minimum Gasteiger partial charge on any atom is -0.444 e. The second-order valence-electron chi connectivity index (χ2n) is 11.1. The molecule has 1 aliphatic carbocycles. The van der Waals surface area contributed by atoms with Crippen LogP contribution >= 0.6 is 0 Å². The summed E-state index contributed by atoms with van der Waals surface area (Å²) in [6.45, 7) is 11.4. The van der Waals surface area contributed by atoms with Crippen LogP contribution in [0.2, 0.25) is 0 Å². The number of hydrogen-bond donors (Lipinski definition) is 3. The molecular formula is C35H44N6O3. The smallest absolute Gasteiger partial charge is 0.274 e. The van der Waals surface area contributed by atoms with Crippen LogP contribution in [0.5, 0.6) is 0 Å². The molecule has 1 aliphatic heterocycles. The molecule has 1 saturated carbocycles. The number of amides is 1. The zero-order valence-corrected chi connectivity index (χ0v) is 26.2. The Morgan fingerprint density at radius 3 is 2.57 bits per heavy atom. The summed E-state index contributed by atoms with van der Waals surface area (Å²) in [6.07, 6.45) is 12.1. The van der Waals surface area contributed by atoms with Gasteiger partial charge in [0, 0.05) is 52.7 Å². The average molecular weight is 597 g/mol. The van der Waals surface area contributed by atoms with Crippen LogP contribution < -0.4 is 10.6 Å². The van der Waals surface area contributed by atoms with Gasteiger partial charge in [-0.15, -0.1) is 0 Å². The molecule has 1 aromatic carbocycles. The van der Waals surface area contributed by atoms with E-state index in [1.54, 1.807) is 30.4 Å². The normalized spacial score (nSPS) is 17.9. The van der Waals surface area contributed by atoms with Crippen molar-refractivity contribution in [2.75, 3.05) is 7.05 Å². The Balaban J connectivity index is 0.000000243. The summed E-state index contributed by atoms with van der Waals surface area (Å²) in [5, 5.41) is 7.40. The lowest BCUT2D eigenvalue weighted by Crippen LogP contribution is -2.39. The van der Waals surface area contributed by atoms with Gasteiger partial charge in [-0.05, 0) is 63.4 Å². The van der Waals surface area contributed by atoms with Crippen molar-refractivity contribution in [3.05, 3.63) is 96.6 Å². The van der Waals surface area contributed by atoms with Crippen LogP contribution in [0.25, 0.3) is 22.4 Å². The molecule has 3 aromatic heterocycles. The summed E-state index contributed by atoms with van der Waals surface area (Å²) in [6, 6.07) is 13.3. The molecule has 0 spiro atoms. The molecule has 9 nitrogen and oxygen atoms in total. The van der Waals surface area contributed by atoms with Crippen LogP contribution in [0, 0.1) is 11.8 Å². The van der Waals surface area contributed by atoms with Crippen molar-refractivity contribution in [1.29, 1.82) is 0 Å². The molecule has 2 aliphatic rings. The molecule has 3 N–H and O–H groups in total. The first kappa shape index (κ1) is 32.4. The zero-order chi connectivity index (χ0) is 31.5. The van der Waals surface area contributed by atoms with E-state index in [0.717, 1.165) is 42.4 Å². The molecule has 4 heterocycles. The average Bonchev–Trinajstić information content (AvgIpc) is 3.46. The van der Waals surface area contributed by atoms with E-state index in [9.17, 15) is 9.59 Å². The number of aromatic nitrogens is 3. The minimum absolute atomic E-state index is 0.218. The Hall–Kier alpha value is -4.50. The Kier molecular flexibility index (Phi) is 11.7. The third-order valence-corrected chi connectivity index (χ3v) is 7.53. The highest BCUT2D eigenvalue weighted by molar-refractivity contribution is 5.96. The van der Waals surface area contributed by atoms with Gasteiger partial charge in [0.2, 0.25) is 5.89 Å². The predicted molar refractivity (Wildman–Crippen MR) is 174 cm³/mol. The molecule has 44 heavy (non-hydrogen) atoms. The number of aldehydes is 1. The lowest BCUT2D eigenvalue weighted by molar-refractivity contribution is -0.129. The summed E-state index contributed by atoms with van der Waals surface area (Å²) >= 11 is 0. The van der Waals surface area contributed by atoms with Crippen LogP contribution in [-0.2, 0) is 22.7 Å². The number of allylic oxidation sites excluding steroid dienone is 2. The largest absolute Gasteiger partial charge is 0.444 e. The van der Waals surface area contributed by atoms with Crippen LogP contribution in [0.15, 0.2) is 89.6 Å². The second kappa shape index (κ2) is 15.8. The number of benzene rings is 1. The molecule has 1 amide bonds. The second-order valence-corrected chi connectivity index (χ2v) is 11.1. The number of rotatable bonds is 9. The number of aromatic amines is 1. The number of carbonyl (C=O) groups excluding carboxylic acids is 2. The van der Waals surface area contributed by atoms with Gasteiger partial charge in [0.05, 0.1) is 24.0 Å². The highest BCUT2D eigenvalue weighted by atomic mass is 16.3. The number of pyridine rings is 1. The number of hydrogen-bond acceptors (Lipinski definition) is 7. The van der Waals surface area contributed by atoms with E-state index in [-0.39, 0.29) is 11.8 Å². The van der Waals surface area contributed by atoms with Crippen molar-refractivity contribution in [2.45, 2.75) is 65.6 Å². The summed E-state index contributed by atoms with van der Waals surface area (Å²) in [5.74, 6) is 1.12. The Morgan fingerprint density at radius 1 is 1.18 bits per heavy atom. The Morgan fingerprint density at radius 2 is 1.93 bits per heavy atom. The monoisotopic (exact) mass is 596 g/mol. The van der Waals surface area contributed by atoms with Crippen molar-refractivity contribution < 1.29 is 14.0 Å². The molecule has 2 fully saturated rings. The van der Waals surface area contributed by atoms with E-state index in [1.807, 2.05) is 49.6 Å². The lowest BCUT2D eigenvalue weighted by Gasteiger charge is -2.24. The first-order valence-corrected chi connectivity index (χ1v) is 15.4. The number of oxazole rings is 1. The van der Waals surface area contributed by atoms with E-state index in [1.165, 1.54) is 17.5 Å². The van der Waals surface area contributed by atoms with Gasteiger partial charge in [-0.1, -0.05) is 51.1 Å². The van der Waals surface area contributed by atoms with E-state index in [4.69, 9.17) is 4.42 Å². The molecule has 4 aromatic rings. The maximum Gasteiger partial charge on any atom is 0.274 e. The standard InChI is InChI=1S/C23H25N3O3.C9H11N3.C3H8/c1-3-21(23(28)26-15(2)20(16-9-10-16)11-19(26)13-27)24-12-18-14-29-22(25-18)17-7-5-4-6-8-17;1-10-6-8-4-7-5-11-3-2-9(7)12-8;1-3-2/h3-8,13-14,16,19-20,24H,2,9-12H2,1H3;2-5,10,12H,6H2,1H3;3H2,1-2H3/b21-3+;;. The lowest BCUT2D eigenvalue weighted by atomic mass is 9.98. The fraction of sp³-hybridized carbons (Fsp3) is 0.371. The van der Waals surface area contributed by atoms with Crippen molar-refractivity contribution in [3.63, 3.8) is 0 Å². The molecule has 0 bridgehead atoms. The minimum atomic E-state index is -0.436.